The Morgan fingerprint density at radius 3 is 2.23 bits per heavy atom. The first-order chi connectivity index (χ1) is 20.3. The molecule has 0 saturated carbocycles. The molecule has 228 valence electrons. The summed E-state index contributed by atoms with van der Waals surface area (Å²) in [4.78, 5) is 32.2. The van der Waals surface area contributed by atoms with Crippen molar-refractivity contribution in [3.8, 4) is 0 Å². The second-order valence-corrected chi connectivity index (χ2v) is 9.45. The zero-order valence-corrected chi connectivity index (χ0v) is 22.4. The van der Waals surface area contributed by atoms with Crippen LogP contribution < -0.4 is 10.6 Å². The molecule has 0 fully saturated rings. The predicted molar refractivity (Wildman–Crippen MR) is 135 cm³/mol. The highest BCUT2D eigenvalue weighted by Crippen LogP contribution is 2.29. The van der Waals surface area contributed by atoms with Gasteiger partial charge in [-0.3, -0.25) is 24.2 Å². The van der Waals surface area contributed by atoms with Crippen LogP contribution in [0.3, 0.4) is 0 Å². The first kappa shape index (κ1) is 31.0. The van der Waals surface area contributed by atoms with Crippen molar-refractivity contribution < 1.29 is 35.9 Å². The van der Waals surface area contributed by atoms with Gasteiger partial charge in [0.2, 0.25) is 0 Å². The van der Waals surface area contributed by atoms with Crippen LogP contribution in [0.15, 0.2) is 49.2 Å². The minimum absolute atomic E-state index is 0.0143. The molecule has 4 rings (SSSR count). The molecule has 4 aromatic rings. The fourth-order valence-corrected chi connectivity index (χ4v) is 3.68. The number of carbonyl (C=O) groups is 2. The Morgan fingerprint density at radius 2 is 1.56 bits per heavy atom. The monoisotopic (exact) mass is 610 g/mol. The molecular weight excluding hydrogens is 586 g/mol. The molecule has 4 heterocycles. The Hall–Kier alpha value is -4.90. The fourth-order valence-electron chi connectivity index (χ4n) is 3.68. The quantitative estimate of drug-likeness (QED) is 0.233. The van der Waals surface area contributed by atoms with Crippen molar-refractivity contribution in [3.05, 3.63) is 83.0 Å². The van der Waals surface area contributed by atoms with Gasteiger partial charge in [0, 0.05) is 50.6 Å². The Bertz CT molecular complexity index is 1570. The molecule has 0 aliphatic heterocycles. The number of aryl methyl sites for hydroxylation is 1. The van der Waals surface area contributed by atoms with E-state index in [0.29, 0.717) is 5.56 Å². The summed E-state index contributed by atoms with van der Waals surface area (Å²) in [6, 6.07) is 2.85. The van der Waals surface area contributed by atoms with Crippen LogP contribution in [-0.4, -0.2) is 57.9 Å². The molecule has 0 aromatic carbocycles. The van der Waals surface area contributed by atoms with E-state index in [-0.39, 0.29) is 55.2 Å². The SMILES string of the molecule is CC(F)(F)c1cncc(CNC(=O)c2cn(CCC(F)Cn3cc(C(=O)NCc4cc(C(F)(F)F)ccn4)nn3)nn2)c1. The molecule has 0 aliphatic carbocycles. The van der Waals surface area contributed by atoms with Crippen LogP contribution in [0.4, 0.5) is 26.3 Å². The zero-order chi connectivity index (χ0) is 31.2. The highest BCUT2D eigenvalue weighted by molar-refractivity contribution is 5.92. The Kier molecular flexibility index (Phi) is 9.35. The van der Waals surface area contributed by atoms with E-state index in [1.807, 2.05) is 0 Å². The van der Waals surface area contributed by atoms with Crippen LogP contribution in [-0.2, 0) is 38.3 Å². The van der Waals surface area contributed by atoms with Crippen molar-refractivity contribution in [3.63, 3.8) is 0 Å². The summed E-state index contributed by atoms with van der Waals surface area (Å²) in [5.74, 6) is -4.43. The van der Waals surface area contributed by atoms with E-state index < -0.39 is 35.6 Å². The largest absolute Gasteiger partial charge is 0.416 e. The summed E-state index contributed by atoms with van der Waals surface area (Å²) in [5, 5.41) is 19.8. The maximum absolute atomic E-state index is 14.6. The number of nitrogens with one attached hydrogen (secondary N) is 2. The second-order valence-electron chi connectivity index (χ2n) is 9.45. The van der Waals surface area contributed by atoms with Gasteiger partial charge in [0.15, 0.2) is 11.4 Å². The normalized spacial score (nSPS) is 12.6. The number of rotatable bonds is 12. The van der Waals surface area contributed by atoms with Crippen LogP contribution in [0.2, 0.25) is 0 Å². The summed E-state index contributed by atoms with van der Waals surface area (Å²) in [6.07, 6.45) is -0.210. The maximum Gasteiger partial charge on any atom is 0.416 e. The van der Waals surface area contributed by atoms with Crippen molar-refractivity contribution in [1.82, 2.24) is 50.6 Å². The standard InChI is InChI=1S/C25H24F6N10O2/c1-24(27,28)17-6-15(8-32-10-17)9-34-22(42)20-13-40(38-36-20)5-3-18(26)12-41-14-21(37-39-41)23(43)35-11-19-7-16(2-4-33-19)25(29,30)31/h2,4,6-8,10,13-14,18H,3,5,9,11-12H2,1H3,(H,34,42)(H,35,43). The van der Waals surface area contributed by atoms with E-state index in [2.05, 4.69) is 41.2 Å². The van der Waals surface area contributed by atoms with Gasteiger partial charge in [-0.1, -0.05) is 10.4 Å². The summed E-state index contributed by atoms with van der Waals surface area (Å²) < 4.78 is 82.4. The number of alkyl halides is 6. The lowest BCUT2D eigenvalue weighted by molar-refractivity contribution is -0.137. The number of hydrogen-bond donors (Lipinski definition) is 2. The van der Waals surface area contributed by atoms with Crippen LogP contribution in [0.1, 0.15) is 56.7 Å². The Labute approximate surface area is 239 Å². The number of nitrogens with zero attached hydrogens (tertiary/aromatic N) is 8. The number of hydrogen-bond acceptors (Lipinski definition) is 8. The van der Waals surface area contributed by atoms with Gasteiger partial charge in [-0.25, -0.2) is 17.9 Å². The third-order valence-electron chi connectivity index (χ3n) is 5.93. The Morgan fingerprint density at radius 1 is 0.907 bits per heavy atom. The predicted octanol–water partition coefficient (Wildman–Crippen LogP) is 3.08. The lowest BCUT2D eigenvalue weighted by Gasteiger charge is -2.11. The summed E-state index contributed by atoms with van der Waals surface area (Å²) in [5.41, 5.74) is -1.08. The average Bonchev–Trinajstić information content (AvgIpc) is 3.63. The first-order valence-electron chi connectivity index (χ1n) is 12.6. The fraction of sp³-hybridized carbons (Fsp3) is 0.360. The average molecular weight is 611 g/mol. The number of carbonyl (C=O) groups excluding carboxylic acids is 2. The van der Waals surface area contributed by atoms with E-state index >= 15 is 0 Å². The van der Waals surface area contributed by atoms with Gasteiger partial charge in [-0.05, 0) is 23.8 Å². The lowest BCUT2D eigenvalue weighted by Crippen LogP contribution is -2.24. The molecule has 0 spiro atoms. The molecule has 43 heavy (non-hydrogen) atoms. The van der Waals surface area contributed by atoms with Gasteiger partial charge in [-0.15, -0.1) is 10.2 Å². The van der Waals surface area contributed by atoms with Crippen molar-refractivity contribution in [1.29, 1.82) is 0 Å². The molecule has 18 heteroatoms. The molecule has 0 saturated heterocycles. The summed E-state index contributed by atoms with van der Waals surface area (Å²) in [6.45, 7) is 0.159. The lowest BCUT2D eigenvalue weighted by atomic mass is 10.1. The molecular formula is C25H24F6N10O2. The molecule has 0 bridgehead atoms. The van der Waals surface area contributed by atoms with Gasteiger partial charge in [0.1, 0.15) is 6.17 Å². The third kappa shape index (κ3) is 8.79. The second kappa shape index (κ2) is 13.0. The highest BCUT2D eigenvalue weighted by atomic mass is 19.4. The van der Waals surface area contributed by atoms with Crippen LogP contribution >= 0.6 is 0 Å². The van der Waals surface area contributed by atoms with Crippen molar-refractivity contribution in [2.75, 3.05) is 0 Å². The van der Waals surface area contributed by atoms with Gasteiger partial charge >= 0.3 is 6.18 Å². The van der Waals surface area contributed by atoms with Crippen LogP contribution in [0.5, 0.6) is 0 Å². The number of halogens is 6. The molecule has 1 unspecified atom stereocenters. The minimum Gasteiger partial charge on any atom is -0.346 e. The van der Waals surface area contributed by atoms with Crippen molar-refractivity contribution in [2.24, 2.45) is 0 Å². The van der Waals surface area contributed by atoms with E-state index in [4.69, 9.17) is 0 Å². The molecule has 1 atom stereocenters. The number of pyridine rings is 2. The van der Waals surface area contributed by atoms with E-state index in [9.17, 15) is 35.9 Å². The molecule has 12 nitrogen and oxygen atoms in total. The van der Waals surface area contributed by atoms with E-state index in [1.165, 1.54) is 29.3 Å². The molecule has 4 aromatic heterocycles. The van der Waals surface area contributed by atoms with Crippen LogP contribution in [0, 0.1) is 0 Å². The zero-order valence-electron chi connectivity index (χ0n) is 22.4. The van der Waals surface area contributed by atoms with E-state index in [1.54, 1.807) is 0 Å². The van der Waals surface area contributed by atoms with Gasteiger partial charge in [0.05, 0.1) is 36.7 Å². The van der Waals surface area contributed by atoms with Crippen molar-refractivity contribution in [2.45, 2.75) is 57.8 Å². The minimum atomic E-state index is -4.55. The summed E-state index contributed by atoms with van der Waals surface area (Å²) in [7, 11) is 0. The number of amides is 2. The van der Waals surface area contributed by atoms with Gasteiger partial charge in [0.25, 0.3) is 17.7 Å². The van der Waals surface area contributed by atoms with Crippen LogP contribution in [0.25, 0.3) is 0 Å². The molecule has 0 aliphatic rings. The van der Waals surface area contributed by atoms with Gasteiger partial charge in [-0.2, -0.15) is 13.2 Å². The third-order valence-corrected chi connectivity index (χ3v) is 5.93. The Balaban J connectivity index is 1.21. The highest BCUT2D eigenvalue weighted by Gasteiger charge is 2.30. The number of aromatic nitrogens is 8. The topological polar surface area (TPSA) is 145 Å². The van der Waals surface area contributed by atoms with Crippen molar-refractivity contribution >= 4 is 11.8 Å². The molecule has 0 radical (unpaired) electrons. The molecule has 2 amide bonds. The summed E-state index contributed by atoms with van der Waals surface area (Å²) >= 11 is 0. The molecule has 2 N–H and O–H groups in total. The van der Waals surface area contributed by atoms with E-state index in [0.717, 1.165) is 36.1 Å². The first-order valence-corrected chi connectivity index (χ1v) is 12.6. The smallest absolute Gasteiger partial charge is 0.346 e. The maximum atomic E-state index is 14.6. The van der Waals surface area contributed by atoms with Gasteiger partial charge < -0.3 is 10.6 Å².